The summed E-state index contributed by atoms with van der Waals surface area (Å²) >= 11 is 0. The average molecular weight is 605 g/mol. The van der Waals surface area contributed by atoms with Crippen molar-refractivity contribution in [3.63, 3.8) is 0 Å². The van der Waals surface area contributed by atoms with Gasteiger partial charge in [0.25, 0.3) is 0 Å². The zero-order valence-corrected chi connectivity index (χ0v) is 25.0. The summed E-state index contributed by atoms with van der Waals surface area (Å²) in [5, 5.41) is 6.61. The first kappa shape index (κ1) is 19.4. The Morgan fingerprint density at radius 1 is 0.340 bits per heavy atom. The van der Waals surface area contributed by atoms with Gasteiger partial charge in [-0.25, -0.2) is 0 Å². The van der Waals surface area contributed by atoms with Crippen molar-refractivity contribution >= 4 is 65.0 Å². The fourth-order valence-electron chi connectivity index (χ4n) is 7.02. The molecular formula is C46H28O. The predicted molar refractivity (Wildman–Crippen MR) is 200 cm³/mol. The first-order valence-electron chi connectivity index (χ1n) is 19.5. The SMILES string of the molecule is [2H]c1c([2H])c([2H])c2c(-c3ccc4oc5cc6ccccc6cc5c4c3)c3c([2H])c([2H])c([2H])c([2H])c3c(-c3ccc(-c4ccc5ccccc5c4)cc3)c2c1[2H]. The number of hydrogen-bond donors (Lipinski definition) is 0. The van der Waals surface area contributed by atoms with E-state index < -0.39 is 24.2 Å². The first-order valence-corrected chi connectivity index (χ1v) is 15.5. The topological polar surface area (TPSA) is 13.1 Å². The van der Waals surface area contributed by atoms with Crippen LogP contribution in [-0.2, 0) is 0 Å². The van der Waals surface area contributed by atoms with Crippen molar-refractivity contribution in [1.29, 1.82) is 0 Å². The third-order valence-electron chi connectivity index (χ3n) is 9.26. The summed E-state index contributed by atoms with van der Waals surface area (Å²) in [7, 11) is 0. The van der Waals surface area contributed by atoms with Gasteiger partial charge in [-0.05, 0) is 107 Å². The van der Waals surface area contributed by atoms with E-state index in [1.54, 1.807) is 6.07 Å². The van der Waals surface area contributed by atoms with Gasteiger partial charge in [0.15, 0.2) is 0 Å². The highest BCUT2D eigenvalue weighted by Crippen LogP contribution is 2.45. The zero-order valence-electron chi connectivity index (χ0n) is 33.0. The van der Waals surface area contributed by atoms with Crippen molar-refractivity contribution in [1.82, 2.24) is 0 Å². The minimum absolute atomic E-state index is 0.176. The molecule has 47 heavy (non-hydrogen) atoms. The molecule has 1 aromatic heterocycles. The van der Waals surface area contributed by atoms with Gasteiger partial charge in [-0.1, -0.05) is 139 Å². The number of hydrogen-bond acceptors (Lipinski definition) is 1. The lowest BCUT2D eigenvalue weighted by Crippen LogP contribution is -1.91. The molecule has 10 rings (SSSR count). The maximum absolute atomic E-state index is 9.34. The van der Waals surface area contributed by atoms with Crippen molar-refractivity contribution in [2.24, 2.45) is 0 Å². The molecule has 1 heteroatoms. The minimum atomic E-state index is -0.433. The second kappa shape index (κ2) is 10.2. The van der Waals surface area contributed by atoms with E-state index in [4.69, 9.17) is 9.90 Å². The molecule has 0 atom stereocenters. The van der Waals surface area contributed by atoms with Crippen LogP contribution >= 0.6 is 0 Å². The maximum Gasteiger partial charge on any atom is 0.136 e. The van der Waals surface area contributed by atoms with E-state index in [1.165, 1.54) is 0 Å². The fraction of sp³-hybridized carbons (Fsp3) is 0. The molecule has 0 bridgehead atoms. The minimum Gasteiger partial charge on any atom is -0.456 e. The smallest absolute Gasteiger partial charge is 0.136 e. The largest absolute Gasteiger partial charge is 0.456 e. The van der Waals surface area contributed by atoms with Crippen molar-refractivity contribution in [2.75, 3.05) is 0 Å². The first-order chi connectivity index (χ1) is 26.6. The van der Waals surface area contributed by atoms with Crippen LogP contribution in [-0.4, -0.2) is 0 Å². The molecular weight excluding hydrogens is 569 g/mol. The molecule has 218 valence electrons. The van der Waals surface area contributed by atoms with Crippen molar-refractivity contribution in [3.8, 4) is 33.4 Å². The normalized spacial score (nSPS) is 14.2. The van der Waals surface area contributed by atoms with Gasteiger partial charge in [0.2, 0.25) is 0 Å². The molecule has 0 aliphatic heterocycles. The summed E-state index contributed by atoms with van der Waals surface area (Å²) in [6, 6.07) is 36.5. The Morgan fingerprint density at radius 2 is 0.830 bits per heavy atom. The monoisotopic (exact) mass is 604 g/mol. The zero-order chi connectivity index (χ0) is 37.9. The second-order valence-electron chi connectivity index (χ2n) is 11.9. The van der Waals surface area contributed by atoms with Gasteiger partial charge in [0.1, 0.15) is 11.2 Å². The summed E-state index contributed by atoms with van der Waals surface area (Å²) in [6.07, 6.45) is 0. The lowest BCUT2D eigenvalue weighted by molar-refractivity contribution is 0.669. The Kier molecular flexibility index (Phi) is 4.19. The van der Waals surface area contributed by atoms with Gasteiger partial charge >= 0.3 is 0 Å². The Labute approximate surface area is 283 Å². The highest BCUT2D eigenvalue weighted by atomic mass is 16.3. The number of fused-ring (bicyclic) bond motifs is 7. The second-order valence-corrected chi connectivity index (χ2v) is 11.9. The summed E-state index contributed by atoms with van der Waals surface area (Å²) < 4.78 is 78.7. The van der Waals surface area contributed by atoms with Crippen LogP contribution in [0.3, 0.4) is 0 Å². The van der Waals surface area contributed by atoms with Gasteiger partial charge in [-0.2, -0.15) is 0 Å². The molecule has 0 aliphatic rings. The van der Waals surface area contributed by atoms with Crippen LogP contribution in [0.15, 0.2) is 174 Å². The van der Waals surface area contributed by atoms with Crippen LogP contribution in [0.4, 0.5) is 0 Å². The molecule has 0 aliphatic carbocycles. The lowest BCUT2D eigenvalue weighted by Gasteiger charge is -2.18. The number of rotatable bonds is 3. The average Bonchev–Trinajstić information content (AvgIpc) is 3.57. The van der Waals surface area contributed by atoms with Crippen LogP contribution in [0.25, 0.3) is 98.4 Å². The van der Waals surface area contributed by atoms with E-state index in [1.807, 2.05) is 84.9 Å². The van der Waals surface area contributed by atoms with E-state index in [0.717, 1.165) is 43.4 Å². The summed E-state index contributed by atoms with van der Waals surface area (Å²) in [5.74, 6) is 0. The van der Waals surface area contributed by atoms with Gasteiger partial charge < -0.3 is 4.42 Å². The van der Waals surface area contributed by atoms with Gasteiger partial charge in [0, 0.05) is 10.8 Å². The molecule has 10 aromatic rings. The van der Waals surface area contributed by atoms with E-state index in [0.29, 0.717) is 33.4 Å². The highest BCUT2D eigenvalue weighted by Gasteiger charge is 2.18. The van der Waals surface area contributed by atoms with Gasteiger partial charge in [-0.3, -0.25) is 0 Å². The molecule has 0 saturated heterocycles. The van der Waals surface area contributed by atoms with E-state index in [-0.39, 0.29) is 45.7 Å². The molecule has 1 nitrogen and oxygen atoms in total. The molecule has 0 amide bonds. The van der Waals surface area contributed by atoms with E-state index >= 15 is 0 Å². The van der Waals surface area contributed by atoms with E-state index in [9.17, 15) is 5.48 Å². The fourth-order valence-corrected chi connectivity index (χ4v) is 7.02. The molecule has 0 fully saturated rings. The van der Waals surface area contributed by atoms with E-state index in [2.05, 4.69) is 30.3 Å². The molecule has 0 saturated carbocycles. The van der Waals surface area contributed by atoms with Crippen molar-refractivity contribution < 1.29 is 15.4 Å². The molecule has 0 N–H and O–H groups in total. The molecule has 1 heterocycles. The van der Waals surface area contributed by atoms with Crippen LogP contribution in [0, 0.1) is 0 Å². The van der Waals surface area contributed by atoms with Crippen LogP contribution in [0.1, 0.15) is 11.0 Å². The third kappa shape index (κ3) is 4.10. The van der Waals surface area contributed by atoms with Gasteiger partial charge in [-0.15, -0.1) is 0 Å². The maximum atomic E-state index is 9.34. The Bertz CT molecular complexity index is 3210. The predicted octanol–water partition coefficient (Wildman–Crippen LogP) is 13.2. The molecule has 0 radical (unpaired) electrons. The van der Waals surface area contributed by atoms with Crippen LogP contribution in [0.2, 0.25) is 0 Å². The van der Waals surface area contributed by atoms with Crippen molar-refractivity contribution in [2.45, 2.75) is 0 Å². The van der Waals surface area contributed by atoms with Gasteiger partial charge in [0.05, 0.1) is 11.0 Å². The number of benzene rings is 9. The summed E-state index contributed by atoms with van der Waals surface area (Å²) in [4.78, 5) is 0. The van der Waals surface area contributed by atoms with Crippen LogP contribution in [0.5, 0.6) is 0 Å². The summed E-state index contributed by atoms with van der Waals surface area (Å²) in [5.41, 5.74) is 4.94. The third-order valence-corrected chi connectivity index (χ3v) is 9.26. The highest BCUT2D eigenvalue weighted by molar-refractivity contribution is 6.22. The van der Waals surface area contributed by atoms with Crippen molar-refractivity contribution in [3.05, 3.63) is 170 Å². The molecule has 0 unspecified atom stereocenters. The quantitative estimate of drug-likeness (QED) is 0.183. The Hall–Kier alpha value is -6.18. The summed E-state index contributed by atoms with van der Waals surface area (Å²) in [6.45, 7) is 0. The number of furan rings is 1. The molecule has 0 spiro atoms. The lowest BCUT2D eigenvalue weighted by atomic mass is 9.85. The Morgan fingerprint density at radius 3 is 1.49 bits per heavy atom. The Balaban J connectivity index is 1.31. The molecule has 9 aromatic carbocycles. The van der Waals surface area contributed by atoms with Crippen LogP contribution < -0.4 is 0 Å². The standard InChI is InChI=1S/C46H28O/c1-2-10-32-25-35(22-19-29(32)9-1)30-17-20-31(21-18-30)45-37-13-5-7-15-39(37)46(40-16-8-6-14-38(40)45)36-23-24-43-41(27-36)42-26-33-11-3-4-12-34(33)28-44(42)47-43/h1-28H/i5D,6D,7D,8D,13D,14D,15D,16D.